The number of aromatic nitrogens is 1. The molecular weight excluding hydrogens is 419 g/mol. The molecule has 5 rings (SSSR count). The summed E-state index contributed by atoms with van der Waals surface area (Å²) >= 11 is 12.5. The van der Waals surface area contributed by atoms with Gasteiger partial charge in [-0.25, -0.2) is 4.90 Å². The summed E-state index contributed by atoms with van der Waals surface area (Å²) in [5, 5.41) is 1.40. The largest absolute Gasteiger partial charge is 0.361 e. The Kier molecular flexibility index (Phi) is 4.46. The van der Waals surface area contributed by atoms with Crippen LogP contribution in [-0.2, 0) is 4.79 Å². The molecule has 0 atom stereocenters. The monoisotopic (exact) mass is 432 g/mol. The molecule has 30 heavy (non-hydrogen) atoms. The first-order valence-corrected chi connectivity index (χ1v) is 10.0. The zero-order valence-electron chi connectivity index (χ0n) is 15.5. The van der Waals surface area contributed by atoms with Crippen molar-refractivity contribution < 1.29 is 9.59 Å². The van der Waals surface area contributed by atoms with Gasteiger partial charge in [-0.2, -0.15) is 0 Å². The number of imide groups is 1. The maximum absolute atomic E-state index is 13.4. The summed E-state index contributed by atoms with van der Waals surface area (Å²) in [5.74, 6) is -0.965. The molecular formula is C24H14Cl2N2O2. The summed E-state index contributed by atoms with van der Waals surface area (Å²) in [6.45, 7) is 0. The van der Waals surface area contributed by atoms with Crippen molar-refractivity contribution in [2.75, 3.05) is 4.90 Å². The first-order valence-electron chi connectivity index (χ1n) is 9.26. The van der Waals surface area contributed by atoms with Crippen molar-refractivity contribution in [3.05, 3.63) is 99.7 Å². The van der Waals surface area contributed by atoms with E-state index < -0.39 is 11.8 Å². The van der Waals surface area contributed by atoms with E-state index in [0.717, 1.165) is 21.4 Å². The van der Waals surface area contributed by atoms with Gasteiger partial charge in [0.2, 0.25) is 0 Å². The first kappa shape index (κ1) is 18.7. The minimum absolute atomic E-state index is 0.109. The van der Waals surface area contributed by atoms with E-state index in [2.05, 4.69) is 4.98 Å². The number of nitrogens with one attached hydrogen (secondary N) is 1. The Labute approximate surface area is 182 Å². The summed E-state index contributed by atoms with van der Waals surface area (Å²) < 4.78 is 0. The number of rotatable bonds is 2. The van der Waals surface area contributed by atoms with Crippen LogP contribution in [0.4, 0.5) is 5.69 Å². The molecule has 0 bridgehead atoms. The van der Waals surface area contributed by atoms with Crippen LogP contribution in [0.25, 0.3) is 22.6 Å². The second kappa shape index (κ2) is 7.17. The lowest BCUT2D eigenvalue weighted by atomic mass is 10.0. The third-order valence-corrected chi connectivity index (χ3v) is 5.80. The molecule has 1 aliphatic rings. The number of para-hydroxylation sites is 2. The van der Waals surface area contributed by atoms with Crippen molar-refractivity contribution in [1.82, 2.24) is 4.98 Å². The highest BCUT2D eigenvalue weighted by Crippen LogP contribution is 2.40. The molecule has 4 nitrogen and oxygen atoms in total. The van der Waals surface area contributed by atoms with Gasteiger partial charge in [-0.3, -0.25) is 9.59 Å². The molecule has 0 spiro atoms. The summed E-state index contributed by atoms with van der Waals surface area (Å²) in [6.07, 6.45) is 3.66. The number of nitrogens with zero attached hydrogens (tertiary/aromatic N) is 1. The Morgan fingerprint density at radius 3 is 2.40 bits per heavy atom. The van der Waals surface area contributed by atoms with Crippen molar-refractivity contribution >= 4 is 63.3 Å². The Morgan fingerprint density at radius 2 is 1.60 bits per heavy atom. The van der Waals surface area contributed by atoms with Crippen LogP contribution in [0.1, 0.15) is 21.5 Å². The minimum Gasteiger partial charge on any atom is -0.361 e. The molecule has 0 unspecified atom stereocenters. The van der Waals surface area contributed by atoms with E-state index in [-0.39, 0.29) is 15.6 Å². The topological polar surface area (TPSA) is 53.2 Å². The van der Waals surface area contributed by atoms with Gasteiger partial charge in [-0.1, -0.05) is 65.7 Å². The second-order valence-electron chi connectivity index (χ2n) is 6.91. The van der Waals surface area contributed by atoms with E-state index in [0.29, 0.717) is 16.8 Å². The highest BCUT2D eigenvalue weighted by atomic mass is 35.5. The van der Waals surface area contributed by atoms with Crippen LogP contribution in [0.15, 0.2) is 72.9 Å². The number of aromatic amines is 1. The summed E-state index contributed by atoms with van der Waals surface area (Å²) in [4.78, 5) is 31.1. The fourth-order valence-electron chi connectivity index (χ4n) is 3.77. The first-order chi connectivity index (χ1) is 14.6. The van der Waals surface area contributed by atoms with Gasteiger partial charge in [0, 0.05) is 28.2 Å². The zero-order chi connectivity index (χ0) is 20.8. The van der Waals surface area contributed by atoms with E-state index in [9.17, 15) is 9.59 Å². The Morgan fingerprint density at radius 1 is 0.900 bits per heavy atom. The highest BCUT2D eigenvalue weighted by Gasteiger charge is 2.38. The number of carbonyl (C=O) groups is 2. The number of benzene rings is 3. The van der Waals surface area contributed by atoms with Crippen molar-refractivity contribution in [1.29, 1.82) is 0 Å². The minimum atomic E-state index is -0.551. The Bertz CT molecular complexity index is 1350. The number of hydrogen-bond acceptors (Lipinski definition) is 2. The number of hydrogen-bond donors (Lipinski definition) is 1. The Balaban J connectivity index is 1.66. The van der Waals surface area contributed by atoms with Gasteiger partial charge in [0.25, 0.3) is 11.8 Å². The molecule has 0 aliphatic carbocycles. The molecule has 1 aromatic heterocycles. The predicted octanol–water partition coefficient (Wildman–Crippen LogP) is 6.20. The van der Waals surface area contributed by atoms with Crippen molar-refractivity contribution in [2.24, 2.45) is 0 Å². The highest BCUT2D eigenvalue weighted by molar-refractivity contribution is 6.47. The second-order valence-corrected chi connectivity index (χ2v) is 7.72. The zero-order valence-corrected chi connectivity index (χ0v) is 17.0. The van der Waals surface area contributed by atoms with Crippen molar-refractivity contribution in [3.63, 3.8) is 0 Å². The molecule has 2 heterocycles. The SMILES string of the molecule is O=C1/C(=C\c2c[nH]c3ccccc23)c2ccccc2N1C(=O)c1c(Cl)cccc1Cl. The van der Waals surface area contributed by atoms with Crippen LogP contribution >= 0.6 is 23.2 Å². The van der Waals surface area contributed by atoms with Gasteiger partial charge in [-0.05, 0) is 30.3 Å². The summed E-state index contributed by atoms with van der Waals surface area (Å²) in [5.41, 5.74) is 3.58. The van der Waals surface area contributed by atoms with Crippen LogP contribution in [0, 0.1) is 0 Å². The van der Waals surface area contributed by atoms with E-state index >= 15 is 0 Å². The molecule has 0 saturated heterocycles. The van der Waals surface area contributed by atoms with Crippen LogP contribution in [0.3, 0.4) is 0 Å². The van der Waals surface area contributed by atoms with Gasteiger partial charge in [-0.15, -0.1) is 0 Å². The smallest absolute Gasteiger partial charge is 0.268 e. The average Bonchev–Trinajstić information content (AvgIpc) is 3.27. The maximum atomic E-state index is 13.4. The molecule has 4 aromatic rings. The van der Waals surface area contributed by atoms with Gasteiger partial charge < -0.3 is 4.98 Å². The fourth-order valence-corrected chi connectivity index (χ4v) is 4.32. The Hall–Kier alpha value is -3.34. The van der Waals surface area contributed by atoms with E-state index in [1.165, 1.54) is 0 Å². The van der Waals surface area contributed by atoms with Crippen LogP contribution < -0.4 is 4.90 Å². The summed E-state index contributed by atoms with van der Waals surface area (Å²) in [6, 6.07) is 19.8. The molecule has 6 heteroatoms. The van der Waals surface area contributed by atoms with E-state index in [1.807, 2.05) is 48.7 Å². The molecule has 2 amide bonds. The standard InChI is InChI=1S/C24H14Cl2N2O2/c25-18-8-5-9-19(26)22(18)24(30)28-21-11-4-2-7-16(21)17(23(28)29)12-14-13-27-20-10-3-1-6-15(14)20/h1-13,27H/b17-12-. The quantitative estimate of drug-likeness (QED) is 0.302. The molecule has 146 valence electrons. The number of fused-ring (bicyclic) bond motifs is 2. The number of halogens is 2. The molecule has 0 radical (unpaired) electrons. The van der Waals surface area contributed by atoms with E-state index in [1.54, 1.807) is 30.3 Å². The maximum Gasteiger partial charge on any atom is 0.268 e. The number of anilines is 1. The van der Waals surface area contributed by atoms with Gasteiger partial charge in [0.15, 0.2) is 0 Å². The summed E-state index contributed by atoms with van der Waals surface area (Å²) in [7, 11) is 0. The number of amides is 2. The molecule has 0 saturated carbocycles. The fraction of sp³-hybridized carbons (Fsp3) is 0. The van der Waals surface area contributed by atoms with Crippen molar-refractivity contribution in [2.45, 2.75) is 0 Å². The third kappa shape index (κ3) is 2.84. The molecule has 1 aliphatic heterocycles. The molecule has 3 aromatic carbocycles. The van der Waals surface area contributed by atoms with E-state index in [4.69, 9.17) is 23.2 Å². The molecule has 0 fully saturated rings. The number of H-pyrrole nitrogens is 1. The number of carbonyl (C=O) groups excluding carboxylic acids is 2. The lowest BCUT2D eigenvalue weighted by molar-refractivity contribution is -0.112. The van der Waals surface area contributed by atoms with Crippen molar-refractivity contribution in [3.8, 4) is 0 Å². The van der Waals surface area contributed by atoms with Crippen LogP contribution in [0.2, 0.25) is 10.0 Å². The van der Waals surface area contributed by atoms with Gasteiger partial charge in [0.1, 0.15) is 0 Å². The van der Waals surface area contributed by atoms with Gasteiger partial charge in [0.05, 0.1) is 26.9 Å². The van der Waals surface area contributed by atoms with Gasteiger partial charge >= 0.3 is 0 Å². The lowest BCUT2D eigenvalue weighted by Crippen LogP contribution is -2.33. The predicted molar refractivity (Wildman–Crippen MR) is 121 cm³/mol. The average molecular weight is 433 g/mol. The lowest BCUT2D eigenvalue weighted by Gasteiger charge is -2.16. The third-order valence-electron chi connectivity index (χ3n) is 5.17. The van der Waals surface area contributed by atoms with Crippen LogP contribution in [-0.4, -0.2) is 16.8 Å². The van der Waals surface area contributed by atoms with Crippen LogP contribution in [0.5, 0.6) is 0 Å². The molecule has 1 N–H and O–H groups in total. The normalized spacial score (nSPS) is 14.5.